The van der Waals surface area contributed by atoms with Gasteiger partial charge in [0.05, 0.1) is 0 Å². The first-order chi connectivity index (χ1) is 19.3. The summed E-state index contributed by atoms with van der Waals surface area (Å²) in [7, 11) is 0. The first kappa shape index (κ1) is 20.6. The van der Waals surface area contributed by atoms with Crippen LogP contribution in [0.3, 0.4) is 0 Å². The largest absolute Gasteiger partial charge is 0.456 e. The van der Waals surface area contributed by atoms with E-state index >= 15 is 0 Å². The Balaban J connectivity index is 1.22. The third kappa shape index (κ3) is 2.90. The molecule has 0 bridgehead atoms. The highest BCUT2D eigenvalue weighted by Gasteiger charge is 2.17. The second kappa shape index (κ2) is 7.55. The first-order valence-corrected chi connectivity index (χ1v) is 12.8. The van der Waals surface area contributed by atoms with Crippen LogP contribution in [-0.4, -0.2) is 9.97 Å². The van der Waals surface area contributed by atoms with E-state index in [1.807, 2.05) is 79.1 Å². The first-order valence-electron chi connectivity index (χ1n) is 12.8. The standard InChI is InChI=1S/C34H18N2O3/c1-3-7-27-24(5-1)31-33(38-27)21(13-15-35-31)19-10-12-29-26(17-19)23-11-9-20(18-30(23)37-29)22-14-16-36-32-25-6-2-4-8-28(25)39-34(22)32/h1-18H. The molecule has 0 saturated heterocycles. The second-order valence-electron chi connectivity index (χ2n) is 9.79. The summed E-state index contributed by atoms with van der Waals surface area (Å²) in [4.78, 5) is 9.20. The van der Waals surface area contributed by atoms with Crippen molar-refractivity contribution in [1.29, 1.82) is 0 Å². The van der Waals surface area contributed by atoms with Gasteiger partial charge in [0.1, 0.15) is 33.4 Å². The molecule has 5 aromatic heterocycles. The highest BCUT2D eigenvalue weighted by molar-refractivity contribution is 6.12. The van der Waals surface area contributed by atoms with Crippen molar-refractivity contribution < 1.29 is 13.3 Å². The molecular weight excluding hydrogens is 484 g/mol. The van der Waals surface area contributed by atoms with E-state index in [0.717, 1.165) is 88.3 Å². The molecule has 0 spiro atoms. The molecule has 0 amide bonds. The highest BCUT2D eigenvalue weighted by atomic mass is 16.3. The number of nitrogens with zero attached hydrogens (tertiary/aromatic N) is 2. The maximum absolute atomic E-state index is 6.33. The quantitative estimate of drug-likeness (QED) is 0.235. The Bertz CT molecular complexity index is 2410. The molecule has 5 nitrogen and oxygen atoms in total. The molecule has 0 aliphatic rings. The van der Waals surface area contributed by atoms with Crippen molar-refractivity contribution in [1.82, 2.24) is 9.97 Å². The van der Waals surface area contributed by atoms with Gasteiger partial charge in [0.2, 0.25) is 0 Å². The van der Waals surface area contributed by atoms with Gasteiger partial charge in [-0.3, -0.25) is 9.97 Å². The van der Waals surface area contributed by atoms with Crippen LogP contribution in [0.2, 0.25) is 0 Å². The van der Waals surface area contributed by atoms with Crippen molar-refractivity contribution in [2.75, 3.05) is 0 Å². The van der Waals surface area contributed by atoms with Crippen molar-refractivity contribution in [3.8, 4) is 22.3 Å². The zero-order valence-corrected chi connectivity index (χ0v) is 20.5. The van der Waals surface area contributed by atoms with Crippen LogP contribution in [-0.2, 0) is 0 Å². The lowest BCUT2D eigenvalue weighted by Crippen LogP contribution is -1.82. The third-order valence-corrected chi connectivity index (χ3v) is 7.61. The van der Waals surface area contributed by atoms with Crippen molar-refractivity contribution in [2.45, 2.75) is 0 Å². The average Bonchev–Trinajstić information content (AvgIpc) is 3.67. The van der Waals surface area contributed by atoms with Crippen LogP contribution in [0, 0.1) is 0 Å². The summed E-state index contributed by atoms with van der Waals surface area (Å²) in [6.07, 6.45) is 3.68. The smallest absolute Gasteiger partial charge is 0.161 e. The third-order valence-electron chi connectivity index (χ3n) is 7.61. The molecule has 0 aliphatic carbocycles. The van der Waals surface area contributed by atoms with Gasteiger partial charge in [0, 0.05) is 45.1 Å². The monoisotopic (exact) mass is 502 g/mol. The van der Waals surface area contributed by atoms with E-state index in [9.17, 15) is 0 Å². The number of para-hydroxylation sites is 2. The minimum Gasteiger partial charge on any atom is -0.456 e. The molecule has 4 aromatic carbocycles. The van der Waals surface area contributed by atoms with Gasteiger partial charge in [-0.2, -0.15) is 0 Å². The molecule has 0 saturated carbocycles. The van der Waals surface area contributed by atoms with Crippen molar-refractivity contribution in [3.63, 3.8) is 0 Å². The van der Waals surface area contributed by atoms with Gasteiger partial charge < -0.3 is 13.3 Å². The minimum absolute atomic E-state index is 0.781. The number of aromatic nitrogens is 2. The summed E-state index contributed by atoms with van der Waals surface area (Å²) in [6.45, 7) is 0. The van der Waals surface area contributed by atoms with E-state index in [1.54, 1.807) is 0 Å². The van der Waals surface area contributed by atoms with Crippen LogP contribution in [0.4, 0.5) is 0 Å². The number of benzene rings is 4. The lowest BCUT2D eigenvalue weighted by atomic mass is 10.0. The molecule has 0 aliphatic heterocycles. The van der Waals surface area contributed by atoms with Gasteiger partial charge >= 0.3 is 0 Å². The van der Waals surface area contributed by atoms with Gasteiger partial charge in [-0.05, 0) is 71.8 Å². The van der Waals surface area contributed by atoms with Crippen LogP contribution in [0.1, 0.15) is 0 Å². The molecule has 0 N–H and O–H groups in total. The van der Waals surface area contributed by atoms with E-state index in [2.05, 4.69) is 40.3 Å². The molecule has 39 heavy (non-hydrogen) atoms. The van der Waals surface area contributed by atoms with Crippen molar-refractivity contribution >= 4 is 66.1 Å². The maximum atomic E-state index is 6.33. The summed E-state index contributed by atoms with van der Waals surface area (Å²) in [5.41, 5.74) is 10.7. The number of furan rings is 3. The Kier molecular flexibility index (Phi) is 3.99. The predicted octanol–water partition coefficient (Wildman–Crippen LogP) is 9.51. The minimum atomic E-state index is 0.781. The Hall–Kier alpha value is -5.42. The SMILES string of the molecule is c1ccc2c(c1)oc1c(-c3ccc4c(c3)oc3ccc(-c5ccnc6c5oc5ccccc56)cc34)ccnc12. The number of rotatable bonds is 2. The van der Waals surface area contributed by atoms with Gasteiger partial charge in [0.25, 0.3) is 0 Å². The number of pyridine rings is 2. The molecule has 5 heteroatoms. The maximum Gasteiger partial charge on any atom is 0.161 e. The summed E-state index contributed by atoms with van der Waals surface area (Å²) < 4.78 is 18.8. The van der Waals surface area contributed by atoms with E-state index in [0.29, 0.717) is 0 Å². The normalized spacial score (nSPS) is 12.1. The predicted molar refractivity (Wildman–Crippen MR) is 155 cm³/mol. The molecule has 0 atom stereocenters. The van der Waals surface area contributed by atoms with Gasteiger partial charge in [-0.25, -0.2) is 0 Å². The molecule has 0 radical (unpaired) electrons. The molecule has 5 heterocycles. The highest BCUT2D eigenvalue weighted by Crippen LogP contribution is 2.40. The Morgan fingerprint density at radius 2 is 0.974 bits per heavy atom. The summed E-state index contributed by atoms with van der Waals surface area (Å²) in [5.74, 6) is 0. The molecule has 182 valence electrons. The molecule has 9 aromatic rings. The topological polar surface area (TPSA) is 65.2 Å². The lowest BCUT2D eigenvalue weighted by molar-refractivity contribution is 0.667. The zero-order chi connectivity index (χ0) is 25.5. The van der Waals surface area contributed by atoms with Crippen LogP contribution in [0.5, 0.6) is 0 Å². The van der Waals surface area contributed by atoms with Gasteiger partial charge in [-0.15, -0.1) is 0 Å². The Labute approximate surface area is 220 Å². The lowest BCUT2D eigenvalue weighted by Gasteiger charge is -2.03. The zero-order valence-electron chi connectivity index (χ0n) is 20.5. The van der Waals surface area contributed by atoms with Crippen molar-refractivity contribution in [3.05, 3.63) is 109 Å². The second-order valence-corrected chi connectivity index (χ2v) is 9.79. The molecule has 0 unspecified atom stereocenters. The Morgan fingerprint density at radius 3 is 1.64 bits per heavy atom. The summed E-state index contributed by atoms with van der Waals surface area (Å²) >= 11 is 0. The molecular formula is C34H18N2O3. The average molecular weight is 503 g/mol. The fraction of sp³-hybridized carbons (Fsp3) is 0. The fourth-order valence-electron chi connectivity index (χ4n) is 5.78. The number of hydrogen-bond donors (Lipinski definition) is 0. The Morgan fingerprint density at radius 1 is 0.410 bits per heavy atom. The van der Waals surface area contributed by atoms with E-state index in [1.165, 1.54) is 0 Å². The van der Waals surface area contributed by atoms with Crippen LogP contribution in [0.15, 0.2) is 123 Å². The van der Waals surface area contributed by atoms with Crippen molar-refractivity contribution in [2.24, 2.45) is 0 Å². The molecule has 9 rings (SSSR count). The molecule has 0 fully saturated rings. The summed E-state index contributed by atoms with van der Waals surface area (Å²) in [6, 6.07) is 32.6. The van der Waals surface area contributed by atoms with Crippen LogP contribution in [0.25, 0.3) is 88.3 Å². The fourth-order valence-corrected chi connectivity index (χ4v) is 5.78. The van der Waals surface area contributed by atoms with Crippen LogP contribution >= 0.6 is 0 Å². The van der Waals surface area contributed by atoms with E-state index in [-0.39, 0.29) is 0 Å². The van der Waals surface area contributed by atoms with E-state index < -0.39 is 0 Å². The van der Waals surface area contributed by atoms with E-state index in [4.69, 9.17) is 13.3 Å². The van der Waals surface area contributed by atoms with Crippen LogP contribution < -0.4 is 0 Å². The number of hydrogen-bond acceptors (Lipinski definition) is 5. The summed E-state index contributed by atoms with van der Waals surface area (Å²) in [5, 5.41) is 4.15. The van der Waals surface area contributed by atoms with Gasteiger partial charge in [0.15, 0.2) is 11.2 Å². The van der Waals surface area contributed by atoms with Gasteiger partial charge in [-0.1, -0.05) is 36.4 Å². The number of fused-ring (bicyclic) bond motifs is 9.